The third-order valence-electron chi connectivity index (χ3n) is 5.61. The van der Waals surface area contributed by atoms with Crippen molar-refractivity contribution in [2.75, 3.05) is 7.11 Å². The number of halogens is 2. The molecule has 3 aromatic rings. The molecule has 0 saturated carbocycles. The van der Waals surface area contributed by atoms with E-state index in [1.165, 1.54) is 35.9 Å². The molecule has 30 heavy (non-hydrogen) atoms. The largest absolute Gasteiger partial charge is 0.494 e. The second kappa shape index (κ2) is 8.26. The second-order valence-corrected chi connectivity index (χ2v) is 7.35. The number of carbonyl (C=O) groups excluding carboxylic acids is 1. The first-order chi connectivity index (χ1) is 14.2. The lowest BCUT2D eigenvalue weighted by Crippen LogP contribution is -2.21. The minimum absolute atomic E-state index is 0.0385. The Balaban J connectivity index is 2.36. The van der Waals surface area contributed by atoms with Crippen LogP contribution in [-0.4, -0.2) is 28.7 Å². The van der Waals surface area contributed by atoms with E-state index in [0.717, 1.165) is 12.1 Å². The van der Waals surface area contributed by atoms with E-state index >= 15 is 0 Å². The maximum absolute atomic E-state index is 14.5. The van der Waals surface area contributed by atoms with Crippen LogP contribution in [-0.2, 0) is 4.79 Å². The zero-order valence-electron chi connectivity index (χ0n) is 17.2. The zero-order chi connectivity index (χ0) is 22.2. The Kier molecular flexibility index (Phi) is 5.92. The fourth-order valence-corrected chi connectivity index (χ4v) is 3.86. The van der Waals surface area contributed by atoms with Crippen LogP contribution in [0.4, 0.5) is 8.78 Å². The Hall–Kier alpha value is -3.22. The van der Waals surface area contributed by atoms with Crippen LogP contribution >= 0.6 is 0 Å². The van der Waals surface area contributed by atoms with Gasteiger partial charge in [0.1, 0.15) is 5.82 Å². The monoisotopic (exact) mass is 415 g/mol. The van der Waals surface area contributed by atoms with Gasteiger partial charge in [-0.1, -0.05) is 20.3 Å². The van der Waals surface area contributed by atoms with Crippen LogP contribution in [0.2, 0.25) is 0 Å². The molecule has 0 saturated heterocycles. The minimum Gasteiger partial charge on any atom is -0.494 e. The van der Waals surface area contributed by atoms with Gasteiger partial charge in [0.25, 0.3) is 5.91 Å². The molecular weight excluding hydrogens is 392 g/mol. The molecule has 2 aromatic carbocycles. The molecule has 0 aliphatic carbocycles. The summed E-state index contributed by atoms with van der Waals surface area (Å²) in [4.78, 5) is 25.4. The number of ether oxygens (including phenoxy) is 1. The molecule has 1 aromatic heterocycles. The minimum atomic E-state index is -1.02. The topological polar surface area (TPSA) is 68.5 Å². The van der Waals surface area contributed by atoms with Gasteiger partial charge in [0, 0.05) is 22.7 Å². The Labute approximate surface area is 172 Å². The Morgan fingerprint density at radius 2 is 1.80 bits per heavy atom. The van der Waals surface area contributed by atoms with Gasteiger partial charge in [-0.25, -0.2) is 8.78 Å². The molecule has 0 aliphatic rings. The van der Waals surface area contributed by atoms with Gasteiger partial charge in [-0.2, -0.15) is 0 Å². The number of carbonyl (C=O) groups is 2. The Bertz CT molecular complexity index is 1120. The highest BCUT2D eigenvalue weighted by Crippen LogP contribution is 2.39. The standard InChI is InChI=1S/C23H23F2NO4/c1-5-12(2)20(23(28)29)21-13(3)26(22(27)14-6-8-15(24)9-7-14)18-11-17(25)19(30-4)10-16(18)21/h6-12,20H,5H2,1-4H3,(H,28,29)/t12?,20-/m0/s1. The Morgan fingerprint density at radius 3 is 2.33 bits per heavy atom. The number of nitrogens with zero attached hydrogens (tertiary/aromatic N) is 1. The third-order valence-corrected chi connectivity index (χ3v) is 5.61. The second-order valence-electron chi connectivity index (χ2n) is 7.35. The predicted octanol–water partition coefficient (Wildman–Crippen LogP) is 5.14. The fourth-order valence-electron chi connectivity index (χ4n) is 3.86. The lowest BCUT2D eigenvalue weighted by Gasteiger charge is -2.20. The summed E-state index contributed by atoms with van der Waals surface area (Å²) >= 11 is 0. The van der Waals surface area contributed by atoms with E-state index in [2.05, 4.69) is 0 Å². The summed E-state index contributed by atoms with van der Waals surface area (Å²) in [6, 6.07) is 7.61. The van der Waals surface area contributed by atoms with Crippen LogP contribution in [0.1, 0.15) is 47.8 Å². The molecule has 158 valence electrons. The van der Waals surface area contributed by atoms with Crippen molar-refractivity contribution < 1.29 is 28.2 Å². The molecule has 0 fully saturated rings. The maximum Gasteiger partial charge on any atom is 0.311 e. The summed E-state index contributed by atoms with van der Waals surface area (Å²) in [5.74, 6) is -3.83. The van der Waals surface area contributed by atoms with Crippen molar-refractivity contribution in [2.45, 2.75) is 33.1 Å². The summed E-state index contributed by atoms with van der Waals surface area (Å²) < 4.78 is 34.2. The van der Waals surface area contributed by atoms with Crippen LogP contribution in [0.15, 0.2) is 36.4 Å². The quantitative estimate of drug-likeness (QED) is 0.605. The van der Waals surface area contributed by atoms with Crippen LogP contribution < -0.4 is 4.74 Å². The molecule has 7 heteroatoms. The van der Waals surface area contributed by atoms with Crippen molar-refractivity contribution >= 4 is 22.8 Å². The van der Waals surface area contributed by atoms with E-state index < -0.39 is 29.4 Å². The molecule has 1 unspecified atom stereocenters. The molecule has 0 aliphatic heterocycles. The SMILES string of the molecule is CCC(C)[C@H](C(=O)O)c1c(C)n(C(=O)c2ccc(F)cc2)c2cc(F)c(OC)cc12. The number of fused-ring (bicyclic) bond motifs is 1. The molecule has 0 spiro atoms. The molecule has 0 amide bonds. The highest BCUT2D eigenvalue weighted by atomic mass is 19.1. The number of aliphatic carboxylic acids is 1. The summed E-state index contributed by atoms with van der Waals surface area (Å²) in [6.07, 6.45) is 0.604. The van der Waals surface area contributed by atoms with Crippen LogP contribution in [0.25, 0.3) is 10.9 Å². The van der Waals surface area contributed by atoms with E-state index in [4.69, 9.17) is 4.74 Å². The van der Waals surface area contributed by atoms with Gasteiger partial charge in [0.05, 0.1) is 18.5 Å². The number of benzene rings is 2. The van der Waals surface area contributed by atoms with Gasteiger partial charge in [-0.05, 0) is 48.7 Å². The van der Waals surface area contributed by atoms with E-state index in [-0.39, 0.29) is 22.7 Å². The predicted molar refractivity (Wildman–Crippen MR) is 109 cm³/mol. The van der Waals surface area contributed by atoms with Crippen molar-refractivity contribution in [3.63, 3.8) is 0 Å². The summed E-state index contributed by atoms with van der Waals surface area (Å²) in [7, 11) is 1.32. The lowest BCUT2D eigenvalue weighted by atomic mass is 9.84. The third kappa shape index (κ3) is 3.56. The summed E-state index contributed by atoms with van der Waals surface area (Å²) in [6.45, 7) is 5.35. The first-order valence-electron chi connectivity index (χ1n) is 9.62. The highest BCUT2D eigenvalue weighted by Gasteiger charge is 2.33. The van der Waals surface area contributed by atoms with Gasteiger partial charge in [-0.3, -0.25) is 14.2 Å². The number of carboxylic acids is 1. The van der Waals surface area contributed by atoms with Gasteiger partial charge in [-0.15, -0.1) is 0 Å². The number of carboxylic acid groups (broad SMARTS) is 1. The van der Waals surface area contributed by atoms with Crippen molar-refractivity contribution in [3.8, 4) is 5.75 Å². The lowest BCUT2D eigenvalue weighted by molar-refractivity contribution is -0.140. The van der Waals surface area contributed by atoms with Gasteiger partial charge >= 0.3 is 5.97 Å². The molecule has 3 rings (SSSR count). The average Bonchev–Trinajstić information content (AvgIpc) is 2.98. The van der Waals surface area contributed by atoms with Crippen molar-refractivity contribution in [2.24, 2.45) is 5.92 Å². The van der Waals surface area contributed by atoms with E-state index in [0.29, 0.717) is 23.1 Å². The molecule has 0 bridgehead atoms. The number of rotatable bonds is 6. The zero-order valence-corrected chi connectivity index (χ0v) is 17.2. The number of aromatic nitrogens is 1. The van der Waals surface area contributed by atoms with Crippen molar-refractivity contribution in [1.29, 1.82) is 0 Å². The first kappa shape index (κ1) is 21.5. The fraction of sp³-hybridized carbons (Fsp3) is 0.304. The van der Waals surface area contributed by atoms with Crippen molar-refractivity contribution in [3.05, 3.63) is 64.9 Å². The van der Waals surface area contributed by atoms with Crippen LogP contribution in [0.3, 0.4) is 0 Å². The van der Waals surface area contributed by atoms with Crippen molar-refractivity contribution in [1.82, 2.24) is 4.57 Å². The van der Waals surface area contributed by atoms with E-state index in [1.807, 2.05) is 13.8 Å². The van der Waals surface area contributed by atoms with Crippen LogP contribution in [0, 0.1) is 24.5 Å². The number of methoxy groups -OCH3 is 1. The highest BCUT2D eigenvalue weighted by molar-refractivity contribution is 6.05. The normalized spacial score (nSPS) is 13.3. The van der Waals surface area contributed by atoms with E-state index in [1.54, 1.807) is 6.92 Å². The van der Waals surface area contributed by atoms with Crippen LogP contribution in [0.5, 0.6) is 5.75 Å². The molecule has 2 atom stereocenters. The summed E-state index contributed by atoms with van der Waals surface area (Å²) in [5, 5.41) is 10.4. The molecule has 5 nitrogen and oxygen atoms in total. The number of hydrogen-bond donors (Lipinski definition) is 1. The average molecular weight is 415 g/mol. The smallest absolute Gasteiger partial charge is 0.311 e. The summed E-state index contributed by atoms with van der Waals surface area (Å²) in [5.41, 5.74) is 1.29. The molecule has 1 N–H and O–H groups in total. The first-order valence-corrected chi connectivity index (χ1v) is 9.62. The van der Waals surface area contributed by atoms with Gasteiger partial charge in [0.2, 0.25) is 0 Å². The number of hydrogen-bond acceptors (Lipinski definition) is 3. The van der Waals surface area contributed by atoms with Gasteiger partial charge < -0.3 is 9.84 Å². The Morgan fingerprint density at radius 1 is 1.17 bits per heavy atom. The van der Waals surface area contributed by atoms with Gasteiger partial charge in [0.15, 0.2) is 11.6 Å². The maximum atomic E-state index is 14.5. The molecule has 0 radical (unpaired) electrons. The van der Waals surface area contributed by atoms with E-state index in [9.17, 15) is 23.5 Å². The molecular formula is C23H23F2NO4. The molecule has 1 heterocycles.